The molecule has 1 unspecified atom stereocenters. The molecule has 1 aliphatic carbocycles. The monoisotopic (exact) mass is 385 g/mol. The highest BCUT2D eigenvalue weighted by atomic mass is 16.2. The van der Waals surface area contributed by atoms with Crippen LogP contribution in [0, 0.1) is 17.8 Å². The van der Waals surface area contributed by atoms with E-state index in [0.29, 0.717) is 18.5 Å². The molecule has 6 heteroatoms. The largest absolute Gasteiger partial charge is 0.342 e. The molecule has 154 valence electrons. The van der Waals surface area contributed by atoms with Crippen molar-refractivity contribution >= 4 is 5.91 Å². The number of piperidine rings is 3. The van der Waals surface area contributed by atoms with Crippen LogP contribution in [0.25, 0.3) is 0 Å². The van der Waals surface area contributed by atoms with Crippen LogP contribution in [-0.2, 0) is 17.8 Å². The highest BCUT2D eigenvalue weighted by molar-refractivity contribution is 5.79. The minimum Gasteiger partial charge on any atom is -0.342 e. The van der Waals surface area contributed by atoms with Crippen molar-refractivity contribution in [1.29, 1.82) is 0 Å². The van der Waals surface area contributed by atoms with Crippen molar-refractivity contribution in [2.24, 2.45) is 17.8 Å². The third-order valence-electron chi connectivity index (χ3n) is 7.18. The van der Waals surface area contributed by atoms with E-state index < -0.39 is 0 Å². The van der Waals surface area contributed by atoms with Gasteiger partial charge in [-0.3, -0.25) is 14.4 Å². The van der Waals surface area contributed by atoms with Gasteiger partial charge in [-0.1, -0.05) is 43.4 Å². The number of likely N-dealkylation sites (N-methyl/N-ethyl adjacent to an activating group) is 1. The van der Waals surface area contributed by atoms with Gasteiger partial charge in [0.15, 0.2) is 0 Å². The molecule has 4 fully saturated rings. The second kappa shape index (κ2) is 8.76. The first-order valence-corrected chi connectivity index (χ1v) is 11.1. The Morgan fingerprint density at radius 3 is 2.86 bits per heavy atom. The minimum atomic E-state index is 0.146. The van der Waals surface area contributed by atoms with Crippen LogP contribution >= 0.6 is 0 Å². The third kappa shape index (κ3) is 4.32. The van der Waals surface area contributed by atoms with Crippen molar-refractivity contribution in [1.82, 2.24) is 24.8 Å². The summed E-state index contributed by atoms with van der Waals surface area (Å²) < 4.78 is 2.05. The summed E-state index contributed by atoms with van der Waals surface area (Å²) in [7, 11) is 1.89. The maximum Gasteiger partial charge on any atom is 0.227 e. The van der Waals surface area contributed by atoms with Crippen LogP contribution in [0.1, 0.15) is 50.6 Å². The number of amides is 1. The van der Waals surface area contributed by atoms with Crippen LogP contribution in [0.3, 0.4) is 0 Å². The molecule has 3 aliphatic heterocycles. The number of fused-ring (bicyclic) bond motifs is 3. The summed E-state index contributed by atoms with van der Waals surface area (Å²) in [4.78, 5) is 17.1. The van der Waals surface area contributed by atoms with E-state index in [2.05, 4.69) is 28.0 Å². The highest BCUT2D eigenvalue weighted by Gasteiger charge is 2.44. The molecule has 1 saturated carbocycles. The fourth-order valence-corrected chi connectivity index (χ4v) is 5.60. The first kappa shape index (κ1) is 19.6. The average molecular weight is 386 g/mol. The lowest BCUT2D eigenvalue weighted by Gasteiger charge is -2.49. The van der Waals surface area contributed by atoms with E-state index in [0.717, 1.165) is 50.5 Å². The van der Waals surface area contributed by atoms with Crippen LogP contribution in [0.2, 0.25) is 0 Å². The molecule has 5 rings (SSSR count). The predicted octanol–water partition coefficient (Wildman–Crippen LogP) is 2.76. The maximum absolute atomic E-state index is 12.8. The Labute approximate surface area is 168 Å². The molecular formula is C22H35N5O. The number of rotatable bonds is 7. The zero-order valence-corrected chi connectivity index (χ0v) is 17.3. The van der Waals surface area contributed by atoms with Crippen molar-refractivity contribution in [3.63, 3.8) is 0 Å². The van der Waals surface area contributed by atoms with E-state index in [1.165, 1.54) is 32.1 Å². The average Bonchev–Trinajstić information content (AvgIpc) is 3.15. The summed E-state index contributed by atoms with van der Waals surface area (Å²) in [6.07, 6.45) is 14.1. The van der Waals surface area contributed by atoms with Gasteiger partial charge in [0, 0.05) is 32.4 Å². The van der Waals surface area contributed by atoms with Gasteiger partial charge in [-0.05, 0) is 37.6 Å². The van der Waals surface area contributed by atoms with Crippen molar-refractivity contribution in [2.75, 3.05) is 26.7 Å². The number of nitrogens with zero attached hydrogens (tertiary/aromatic N) is 5. The van der Waals surface area contributed by atoms with Gasteiger partial charge >= 0.3 is 0 Å². The molecule has 2 bridgehead atoms. The molecule has 1 aromatic rings. The van der Waals surface area contributed by atoms with E-state index in [-0.39, 0.29) is 11.8 Å². The molecule has 28 heavy (non-hydrogen) atoms. The Hall–Kier alpha value is -1.69. The lowest BCUT2D eigenvalue weighted by molar-refractivity contribution is -0.142. The quantitative estimate of drug-likeness (QED) is 0.677. The number of carbonyl (C=O) groups excluding carboxylic acids is 1. The van der Waals surface area contributed by atoms with E-state index >= 15 is 0 Å². The smallest absolute Gasteiger partial charge is 0.227 e. The molecule has 0 N–H and O–H groups in total. The van der Waals surface area contributed by atoms with E-state index in [1.807, 2.05) is 16.6 Å². The molecule has 1 amide bonds. The second-order valence-electron chi connectivity index (χ2n) is 9.19. The second-order valence-corrected chi connectivity index (χ2v) is 9.19. The fraction of sp³-hybridized carbons (Fsp3) is 0.773. The van der Waals surface area contributed by atoms with Gasteiger partial charge in [0.25, 0.3) is 0 Å². The molecule has 4 atom stereocenters. The molecule has 4 aliphatic rings. The Balaban J connectivity index is 1.32. The summed E-state index contributed by atoms with van der Waals surface area (Å²) in [5, 5.41) is 8.87. The molecule has 0 aromatic carbocycles. The standard InChI is InChI=1S/C22H35N5O/c1-3-10-25(2)22(28)21-16-26-11-9-18(21)13-20(26)15-27-14-19(23-24-27)12-17-7-5-4-6-8-17/h3,14,17-18,20-21H,1,4-13,15-16H2,2H3/t18-,20-,21+/m1/s1. The van der Waals surface area contributed by atoms with Crippen LogP contribution < -0.4 is 0 Å². The van der Waals surface area contributed by atoms with Crippen molar-refractivity contribution in [2.45, 2.75) is 64.0 Å². The van der Waals surface area contributed by atoms with Gasteiger partial charge in [-0.2, -0.15) is 0 Å². The summed E-state index contributed by atoms with van der Waals surface area (Å²) in [6.45, 7) is 7.28. The zero-order valence-electron chi connectivity index (χ0n) is 17.3. The summed E-state index contributed by atoms with van der Waals surface area (Å²) in [5.74, 6) is 1.73. The van der Waals surface area contributed by atoms with Crippen LogP contribution in [0.4, 0.5) is 0 Å². The molecule has 4 heterocycles. The van der Waals surface area contributed by atoms with Gasteiger partial charge in [0.05, 0.1) is 18.2 Å². The third-order valence-corrected chi connectivity index (χ3v) is 7.18. The number of hydrogen-bond donors (Lipinski definition) is 0. The Bertz CT molecular complexity index is 680. The molecule has 3 saturated heterocycles. The Kier molecular flexibility index (Phi) is 6.14. The van der Waals surface area contributed by atoms with Gasteiger partial charge < -0.3 is 4.90 Å². The van der Waals surface area contributed by atoms with Crippen molar-refractivity contribution < 1.29 is 4.79 Å². The van der Waals surface area contributed by atoms with Gasteiger partial charge in [-0.15, -0.1) is 11.7 Å². The number of aromatic nitrogens is 3. The van der Waals surface area contributed by atoms with Gasteiger partial charge in [0.1, 0.15) is 0 Å². The predicted molar refractivity (Wildman–Crippen MR) is 110 cm³/mol. The highest BCUT2D eigenvalue weighted by Crippen LogP contribution is 2.37. The molecule has 0 spiro atoms. The summed E-state index contributed by atoms with van der Waals surface area (Å²) in [5.41, 5.74) is 1.15. The van der Waals surface area contributed by atoms with Crippen LogP contribution in [0.15, 0.2) is 18.9 Å². The van der Waals surface area contributed by atoms with E-state index in [4.69, 9.17) is 0 Å². The number of hydrogen-bond acceptors (Lipinski definition) is 4. The van der Waals surface area contributed by atoms with Crippen LogP contribution in [0.5, 0.6) is 0 Å². The van der Waals surface area contributed by atoms with E-state index in [1.54, 1.807) is 6.08 Å². The lowest BCUT2D eigenvalue weighted by atomic mass is 9.75. The topological polar surface area (TPSA) is 54.3 Å². The first-order valence-electron chi connectivity index (χ1n) is 11.1. The summed E-state index contributed by atoms with van der Waals surface area (Å²) in [6, 6.07) is 0.483. The van der Waals surface area contributed by atoms with Crippen molar-refractivity contribution in [3.05, 3.63) is 24.5 Å². The fourth-order valence-electron chi connectivity index (χ4n) is 5.60. The first-order chi connectivity index (χ1) is 13.6. The normalized spacial score (nSPS) is 30.3. The minimum absolute atomic E-state index is 0.146. The maximum atomic E-state index is 12.8. The van der Waals surface area contributed by atoms with Crippen molar-refractivity contribution in [3.8, 4) is 0 Å². The Morgan fingerprint density at radius 2 is 2.14 bits per heavy atom. The molecule has 0 radical (unpaired) electrons. The van der Waals surface area contributed by atoms with Gasteiger partial charge in [-0.25, -0.2) is 0 Å². The molecular weight excluding hydrogens is 350 g/mol. The SMILES string of the molecule is C=CCN(C)C(=O)[C@H]1CN2CC[C@@H]1C[C@@H]2Cn1cc(CC2CCCCC2)nn1. The molecule has 1 aromatic heterocycles. The van der Waals surface area contributed by atoms with Crippen LogP contribution in [-0.4, -0.2) is 63.4 Å². The molecule has 6 nitrogen and oxygen atoms in total. The van der Waals surface area contributed by atoms with E-state index in [9.17, 15) is 4.79 Å². The Morgan fingerprint density at radius 1 is 1.32 bits per heavy atom. The lowest BCUT2D eigenvalue weighted by Crippen LogP contribution is -2.58. The number of carbonyl (C=O) groups is 1. The summed E-state index contributed by atoms with van der Waals surface area (Å²) >= 11 is 0. The zero-order chi connectivity index (χ0) is 19.5. The van der Waals surface area contributed by atoms with Gasteiger partial charge in [0.2, 0.25) is 5.91 Å².